The van der Waals surface area contributed by atoms with Crippen LogP contribution in [0.3, 0.4) is 0 Å². The lowest BCUT2D eigenvalue weighted by Gasteiger charge is -2.15. The Morgan fingerprint density at radius 1 is 0.330 bits per heavy atom. The number of hydrogen-bond donors (Lipinski definition) is 3. The van der Waals surface area contributed by atoms with E-state index in [1.807, 2.05) is 6.07 Å². The molecule has 0 atom stereocenters. The molecule has 0 aliphatic carbocycles. The monoisotopic (exact) mass is 1490 g/mol. The number of ether oxygens (including phenoxy) is 5. The summed E-state index contributed by atoms with van der Waals surface area (Å²) in [5.74, 6) is 0.113. The molecule has 0 bridgehead atoms. The van der Waals surface area contributed by atoms with Crippen LogP contribution in [-0.2, 0) is 19.6 Å². The first-order valence-electron chi connectivity index (χ1n) is 32.1. The fourth-order valence-corrected chi connectivity index (χ4v) is 14.4. The van der Waals surface area contributed by atoms with Gasteiger partial charge in [-0.05, 0) is 162 Å². The lowest BCUT2D eigenvalue weighted by Crippen LogP contribution is -2.23. The van der Waals surface area contributed by atoms with Crippen LogP contribution < -0.4 is 57.2 Å². The lowest BCUT2D eigenvalue weighted by atomic mass is 10.1. The number of aromatic nitrogens is 3. The molecule has 6 aromatic heterocycles. The summed E-state index contributed by atoms with van der Waals surface area (Å²) in [5, 5.41) is 34.4. The highest BCUT2D eigenvalue weighted by Gasteiger charge is 2.27. The zero-order valence-corrected chi connectivity index (χ0v) is 59.0. The first-order chi connectivity index (χ1) is 51.2. The van der Waals surface area contributed by atoms with Gasteiger partial charge in [0.1, 0.15) is 77.0 Å². The molecule has 0 saturated heterocycles. The molecule has 15 aromatic rings. The van der Waals surface area contributed by atoms with E-state index in [9.17, 15) is 57.3 Å². The van der Waals surface area contributed by atoms with E-state index in [1.54, 1.807) is 171 Å². The van der Waals surface area contributed by atoms with Crippen LogP contribution in [0.2, 0.25) is 0 Å². The van der Waals surface area contributed by atoms with Crippen LogP contribution in [0.25, 0.3) is 65.6 Å². The molecular formula is C80H58F3N3O17S3. The molecule has 0 spiro atoms. The van der Waals surface area contributed by atoms with Crippen LogP contribution in [0.15, 0.2) is 278 Å². The Labute approximate surface area is 609 Å². The largest absolute Gasteiger partial charge is 0.505 e. The molecule has 9 aromatic carbocycles. The zero-order chi connectivity index (χ0) is 74.6. The van der Waals surface area contributed by atoms with Gasteiger partial charge in [0.2, 0.25) is 0 Å². The minimum atomic E-state index is -0.785. The lowest BCUT2D eigenvalue weighted by molar-refractivity contribution is 0.413. The molecule has 20 nitrogen and oxygen atoms in total. The van der Waals surface area contributed by atoms with Gasteiger partial charge in [-0.25, -0.2) is 27.6 Å². The number of benzene rings is 9. The van der Waals surface area contributed by atoms with Crippen molar-refractivity contribution < 1.29 is 65.4 Å². The number of hydrogen-bond acceptors (Lipinski definition) is 20. The predicted octanol–water partition coefficient (Wildman–Crippen LogP) is 15.5. The molecule has 0 fully saturated rings. The summed E-state index contributed by atoms with van der Waals surface area (Å²) in [6, 6.07) is 55.2. The van der Waals surface area contributed by atoms with Gasteiger partial charge in [0.05, 0.1) is 71.7 Å². The van der Waals surface area contributed by atoms with E-state index in [2.05, 4.69) is 0 Å². The van der Waals surface area contributed by atoms with Crippen LogP contribution >= 0.6 is 35.3 Å². The van der Waals surface area contributed by atoms with E-state index in [4.69, 9.17) is 36.9 Å². The third-order valence-corrected chi connectivity index (χ3v) is 20.2. The van der Waals surface area contributed by atoms with Gasteiger partial charge in [-0.15, -0.1) is 0 Å². The third kappa shape index (κ3) is 14.6. The maximum atomic E-state index is 13.7. The quantitative estimate of drug-likeness (QED) is 0.0715. The fraction of sp³-hybridized carbons (Fsp3) is 0.100. The van der Waals surface area contributed by atoms with Gasteiger partial charge in [0, 0.05) is 30.8 Å². The van der Waals surface area contributed by atoms with E-state index in [-0.39, 0.29) is 78.9 Å². The minimum Gasteiger partial charge on any atom is -0.505 e. The number of nitrogens with zero attached hydrogens (tertiary/aromatic N) is 3. The number of halogens is 3. The van der Waals surface area contributed by atoms with E-state index in [0.29, 0.717) is 92.8 Å². The van der Waals surface area contributed by atoms with Crippen molar-refractivity contribution in [2.75, 3.05) is 35.5 Å². The Morgan fingerprint density at radius 3 is 0.953 bits per heavy atom. The molecular weight excluding hydrogens is 1430 g/mol. The summed E-state index contributed by atoms with van der Waals surface area (Å²) in [6.07, 6.45) is 0. The Balaban J connectivity index is 0.000000141. The van der Waals surface area contributed by atoms with E-state index in [1.165, 1.54) is 78.5 Å². The number of aromatic hydroxyl groups is 3. The summed E-state index contributed by atoms with van der Waals surface area (Å²) < 4.78 is 87.9. The van der Waals surface area contributed by atoms with Crippen LogP contribution in [0, 0.1) is 17.5 Å². The molecule has 0 saturated carbocycles. The number of rotatable bonds is 17. The highest BCUT2D eigenvalue weighted by atomic mass is 32.2. The van der Waals surface area contributed by atoms with Gasteiger partial charge < -0.3 is 66.0 Å². The van der Waals surface area contributed by atoms with Gasteiger partial charge in [-0.3, -0.25) is 14.4 Å². The molecule has 106 heavy (non-hydrogen) atoms. The maximum Gasteiger partial charge on any atom is 0.354 e. The second-order valence-corrected chi connectivity index (χ2v) is 26.7. The van der Waals surface area contributed by atoms with Gasteiger partial charge in [0.25, 0.3) is 16.7 Å². The van der Waals surface area contributed by atoms with E-state index in [0.717, 1.165) is 35.3 Å². The standard InChI is InChI=1S/2C27H20FNO6S.C26H18FNO5S/c1-33-17-7-10-19(11-8-17)36-25-23(30)22-24(35-27(25)32)20-13-18(34-2)9-12-21(20)29(26(22)31)14-15-3-5-16(28)6-4-15;1-33-17-4-3-5-19(12-17)36-25-23(30)22-24(35-27(25)32)20-13-18(34-2)10-11-21(20)29(26(22)31)14-15-6-8-16(28)9-7-15;1-32-17-11-12-20-19(13-17)23-21(25(30)28(20)14-15-7-9-16(27)10-8-15)22(29)24(26(31)33-23)34-18-5-3-2-4-6-18/h2*3-13,30H,14H2,1-2H3;2-13,29H,14H2,1H3. The van der Waals surface area contributed by atoms with Crippen molar-refractivity contribution in [2.45, 2.75) is 49.0 Å². The Hall–Kier alpha value is -12.5. The zero-order valence-electron chi connectivity index (χ0n) is 56.5. The SMILES string of the molecule is COc1ccc(Sc2c(O)c3c(=O)n(Cc4ccc(F)cc4)c4ccc(OC)cc4c3oc2=O)cc1.COc1ccc2c(c1)c1oc(=O)c(Sc3ccccc3)c(O)c1c(=O)n2Cc1ccc(F)cc1.COc1cccc(Sc2c(O)c3c(=O)n(Cc4ccc(F)cc4)c4ccc(OC)cc4c3oc2=O)c1. The Bertz CT molecular complexity index is 6290. The summed E-state index contributed by atoms with van der Waals surface area (Å²) in [4.78, 5) is 81.5. The average Bonchev–Trinajstić information content (AvgIpc) is 0.747. The highest BCUT2D eigenvalue weighted by Crippen LogP contribution is 2.42. The van der Waals surface area contributed by atoms with Crippen molar-refractivity contribution in [1.82, 2.24) is 13.7 Å². The molecule has 0 radical (unpaired) electrons. The number of methoxy groups -OCH3 is 5. The van der Waals surface area contributed by atoms with Crippen LogP contribution in [-0.4, -0.2) is 64.6 Å². The topological polar surface area (TPSA) is 263 Å². The fourth-order valence-electron chi connectivity index (χ4n) is 11.8. The molecule has 0 aliphatic rings. The van der Waals surface area contributed by atoms with Crippen molar-refractivity contribution in [3.63, 3.8) is 0 Å². The van der Waals surface area contributed by atoms with E-state index < -0.39 is 56.6 Å². The van der Waals surface area contributed by atoms with Crippen molar-refractivity contribution in [3.05, 3.63) is 303 Å². The smallest absolute Gasteiger partial charge is 0.354 e. The van der Waals surface area contributed by atoms with Gasteiger partial charge in [-0.2, -0.15) is 0 Å². The second-order valence-electron chi connectivity index (χ2n) is 23.5. The van der Waals surface area contributed by atoms with Gasteiger partial charge >= 0.3 is 16.9 Å². The predicted molar refractivity (Wildman–Crippen MR) is 399 cm³/mol. The molecule has 6 heterocycles. The molecule has 0 amide bonds. The number of fused-ring (bicyclic) bond motifs is 9. The second kappa shape index (κ2) is 30.8. The van der Waals surface area contributed by atoms with Gasteiger partial charge in [0.15, 0.2) is 34.0 Å². The summed E-state index contributed by atoms with van der Waals surface area (Å²) in [7, 11) is 7.56. The van der Waals surface area contributed by atoms with Crippen molar-refractivity contribution >= 4 is 101 Å². The molecule has 26 heteroatoms. The van der Waals surface area contributed by atoms with Crippen molar-refractivity contribution in [3.8, 4) is 46.0 Å². The molecule has 15 rings (SSSR count). The molecule has 534 valence electrons. The Kier molecular flexibility index (Phi) is 20.9. The Morgan fingerprint density at radius 2 is 0.623 bits per heavy atom. The van der Waals surface area contributed by atoms with Crippen LogP contribution in [0.4, 0.5) is 13.2 Å². The summed E-state index contributed by atoms with van der Waals surface area (Å²) in [6.45, 7) is 0.337. The molecule has 0 unspecified atom stereocenters. The van der Waals surface area contributed by atoms with Crippen LogP contribution in [0.5, 0.6) is 46.0 Å². The summed E-state index contributed by atoms with van der Waals surface area (Å²) in [5.41, 5.74) is -0.585. The maximum absolute atomic E-state index is 13.7. The average molecular weight is 1490 g/mol. The van der Waals surface area contributed by atoms with E-state index >= 15 is 0 Å². The van der Waals surface area contributed by atoms with Crippen LogP contribution in [0.1, 0.15) is 16.7 Å². The molecule has 0 aliphatic heterocycles. The normalized spacial score (nSPS) is 11.2. The van der Waals surface area contributed by atoms with Crippen molar-refractivity contribution in [2.24, 2.45) is 0 Å². The molecule has 3 N–H and O–H groups in total. The highest BCUT2D eigenvalue weighted by molar-refractivity contribution is 8.00. The summed E-state index contributed by atoms with van der Waals surface area (Å²) >= 11 is 2.97. The van der Waals surface area contributed by atoms with Crippen molar-refractivity contribution in [1.29, 1.82) is 0 Å². The first-order valence-corrected chi connectivity index (χ1v) is 34.5. The minimum absolute atomic E-state index is 0.0193. The third-order valence-electron chi connectivity index (χ3n) is 17.0. The van der Waals surface area contributed by atoms with Gasteiger partial charge in [-0.1, -0.05) is 95.9 Å². The number of pyridine rings is 3. The first kappa shape index (κ1) is 71.9.